The van der Waals surface area contributed by atoms with Crippen LogP contribution in [0, 0.1) is 16.7 Å². The van der Waals surface area contributed by atoms with Gasteiger partial charge in [-0.05, 0) is 75.8 Å². The predicted molar refractivity (Wildman–Crippen MR) is 137 cm³/mol. The Hall–Kier alpha value is -2.32. The van der Waals surface area contributed by atoms with E-state index in [0.717, 1.165) is 11.1 Å². The molecule has 0 bridgehead atoms. The Bertz CT molecular complexity index is 1160. The third-order valence-electron chi connectivity index (χ3n) is 10.6. The number of hydrogen-bond donors (Lipinski definition) is 4. The summed E-state index contributed by atoms with van der Waals surface area (Å²) in [4.78, 5) is 25.9. The number of aliphatic hydroxyl groups excluding tert-OH is 1. The molecule has 0 spiro atoms. The molecule has 4 N–H and O–H groups in total. The number of rotatable bonds is 4. The zero-order valence-corrected chi connectivity index (χ0v) is 21.8. The van der Waals surface area contributed by atoms with E-state index in [1.54, 1.807) is 13.0 Å². The van der Waals surface area contributed by atoms with Crippen LogP contribution in [0.2, 0.25) is 0 Å². The lowest BCUT2D eigenvalue weighted by molar-refractivity contribution is -0.314. The molecule has 7 nitrogen and oxygen atoms in total. The van der Waals surface area contributed by atoms with Gasteiger partial charge in [0.1, 0.15) is 22.9 Å². The molecule has 1 aromatic rings. The zero-order valence-electron chi connectivity index (χ0n) is 21.8. The molecule has 0 saturated heterocycles. The number of ketones is 1. The van der Waals surface area contributed by atoms with Crippen LogP contribution in [0.5, 0.6) is 0 Å². The number of benzene rings is 1. The van der Waals surface area contributed by atoms with Gasteiger partial charge in [0.2, 0.25) is 0 Å². The van der Waals surface area contributed by atoms with Crippen LogP contribution in [0.1, 0.15) is 71.3 Å². The van der Waals surface area contributed by atoms with Crippen molar-refractivity contribution in [2.24, 2.45) is 16.7 Å². The molecular formula is C30H38O7. The van der Waals surface area contributed by atoms with Gasteiger partial charge in [-0.2, -0.15) is 0 Å². The van der Waals surface area contributed by atoms with Gasteiger partial charge in [-0.3, -0.25) is 4.79 Å². The first-order chi connectivity index (χ1) is 17.3. The van der Waals surface area contributed by atoms with Crippen LogP contribution >= 0.6 is 0 Å². The van der Waals surface area contributed by atoms with E-state index in [4.69, 9.17) is 4.74 Å². The van der Waals surface area contributed by atoms with Crippen LogP contribution in [-0.4, -0.2) is 61.2 Å². The summed E-state index contributed by atoms with van der Waals surface area (Å²) in [6.07, 6.45) is 5.37. The van der Waals surface area contributed by atoms with Crippen molar-refractivity contribution in [3.8, 4) is 0 Å². The number of esters is 1. The van der Waals surface area contributed by atoms with Crippen molar-refractivity contribution in [1.82, 2.24) is 0 Å². The largest absolute Gasteiger partial charge is 0.458 e. The molecule has 4 aliphatic carbocycles. The number of aliphatic hydroxyl groups is 4. The van der Waals surface area contributed by atoms with Crippen molar-refractivity contribution in [3.63, 3.8) is 0 Å². The van der Waals surface area contributed by atoms with Gasteiger partial charge >= 0.3 is 5.97 Å². The fourth-order valence-corrected chi connectivity index (χ4v) is 8.28. The van der Waals surface area contributed by atoms with Crippen molar-refractivity contribution in [2.75, 3.05) is 0 Å². The second kappa shape index (κ2) is 8.60. The highest BCUT2D eigenvalue weighted by molar-refractivity contribution is 5.88. The molecule has 0 aromatic heterocycles. The van der Waals surface area contributed by atoms with Crippen LogP contribution in [0.15, 0.2) is 48.1 Å². The summed E-state index contributed by atoms with van der Waals surface area (Å²) in [7, 11) is 0. The number of ether oxygens (including phenoxy) is 1. The van der Waals surface area contributed by atoms with Crippen LogP contribution in [0.25, 0.3) is 6.08 Å². The second-order valence-corrected chi connectivity index (χ2v) is 12.1. The molecule has 37 heavy (non-hydrogen) atoms. The molecule has 0 radical (unpaired) electrons. The quantitative estimate of drug-likeness (QED) is 0.279. The highest BCUT2D eigenvalue weighted by Gasteiger charge is 2.81. The molecule has 0 unspecified atom stereocenters. The van der Waals surface area contributed by atoms with Crippen molar-refractivity contribution in [2.45, 2.75) is 94.7 Å². The Morgan fingerprint density at radius 1 is 1.05 bits per heavy atom. The van der Waals surface area contributed by atoms with Gasteiger partial charge in [0.15, 0.2) is 5.78 Å². The third-order valence-corrected chi connectivity index (χ3v) is 10.6. The van der Waals surface area contributed by atoms with Crippen molar-refractivity contribution >= 4 is 17.8 Å². The van der Waals surface area contributed by atoms with Gasteiger partial charge in [-0.25, -0.2) is 4.79 Å². The van der Waals surface area contributed by atoms with E-state index in [9.17, 15) is 30.0 Å². The maximum absolute atomic E-state index is 13.1. The number of fused-ring (bicyclic) bond motifs is 5. The predicted octanol–water partition coefficient (Wildman–Crippen LogP) is 3.10. The molecule has 0 aliphatic heterocycles. The van der Waals surface area contributed by atoms with E-state index in [-0.39, 0.29) is 25.7 Å². The Labute approximate surface area is 217 Å². The number of carbonyl (C=O) groups excluding carboxylic acids is 2. The maximum atomic E-state index is 13.1. The fraction of sp³-hybridized carbons (Fsp3) is 0.600. The van der Waals surface area contributed by atoms with Gasteiger partial charge in [-0.15, -0.1) is 0 Å². The van der Waals surface area contributed by atoms with Gasteiger partial charge < -0.3 is 25.2 Å². The molecule has 0 heterocycles. The van der Waals surface area contributed by atoms with E-state index >= 15 is 0 Å². The summed E-state index contributed by atoms with van der Waals surface area (Å²) in [6.45, 7) is 4.91. The summed E-state index contributed by atoms with van der Waals surface area (Å²) >= 11 is 0. The van der Waals surface area contributed by atoms with Crippen LogP contribution in [0.3, 0.4) is 0 Å². The van der Waals surface area contributed by atoms with Crippen LogP contribution in [-0.2, 0) is 14.3 Å². The first kappa shape index (κ1) is 26.3. The summed E-state index contributed by atoms with van der Waals surface area (Å²) in [5.41, 5.74) is -5.76. The number of hydrogen-bond acceptors (Lipinski definition) is 7. The molecular weight excluding hydrogens is 472 g/mol. The molecule has 4 aliphatic rings. The maximum Gasteiger partial charge on any atom is 0.331 e. The monoisotopic (exact) mass is 510 g/mol. The van der Waals surface area contributed by atoms with E-state index in [2.05, 4.69) is 0 Å². The lowest BCUT2D eigenvalue weighted by atomic mass is 9.42. The smallest absolute Gasteiger partial charge is 0.331 e. The second-order valence-electron chi connectivity index (χ2n) is 12.1. The Morgan fingerprint density at radius 2 is 1.76 bits per heavy atom. The fourth-order valence-electron chi connectivity index (χ4n) is 8.28. The summed E-state index contributed by atoms with van der Waals surface area (Å²) in [5, 5.41) is 46.8. The molecule has 7 heteroatoms. The minimum atomic E-state index is -1.97. The van der Waals surface area contributed by atoms with Crippen molar-refractivity contribution in [1.29, 1.82) is 0 Å². The molecule has 8 atom stereocenters. The Balaban J connectivity index is 1.58. The molecule has 0 amide bonds. The van der Waals surface area contributed by atoms with Crippen molar-refractivity contribution < 1.29 is 34.8 Å². The summed E-state index contributed by atoms with van der Waals surface area (Å²) in [6, 6.07) is 9.29. The van der Waals surface area contributed by atoms with E-state index < -0.39 is 57.5 Å². The van der Waals surface area contributed by atoms with Crippen LogP contribution in [0.4, 0.5) is 0 Å². The molecule has 200 valence electrons. The molecule has 5 rings (SSSR count). The first-order valence-electron chi connectivity index (χ1n) is 13.3. The first-order valence-corrected chi connectivity index (χ1v) is 13.3. The van der Waals surface area contributed by atoms with Gasteiger partial charge in [0, 0.05) is 12.0 Å². The highest BCUT2D eigenvalue weighted by Crippen LogP contribution is 2.70. The topological polar surface area (TPSA) is 124 Å². The SMILES string of the molecule is CC(=O)[C@@]1(O)CC[C@]2(O)[C@]1(C)[C@H](OC(=O)C=Cc1ccccc1)C[C@H]1[C@@]3(C)CC[C@H](O)CC3=CC[C@]12O. The molecule has 3 saturated carbocycles. The summed E-state index contributed by atoms with van der Waals surface area (Å²) < 4.78 is 6.00. The number of Topliss-reactive ketones (excluding diaryl/α,β-unsaturated/α-hetero) is 1. The van der Waals surface area contributed by atoms with Gasteiger partial charge in [0.05, 0.1) is 11.5 Å². The van der Waals surface area contributed by atoms with Crippen molar-refractivity contribution in [3.05, 3.63) is 53.6 Å². The highest BCUT2D eigenvalue weighted by atomic mass is 16.5. The Kier molecular flexibility index (Phi) is 6.11. The Morgan fingerprint density at radius 3 is 2.43 bits per heavy atom. The van der Waals surface area contributed by atoms with E-state index in [0.29, 0.717) is 19.3 Å². The van der Waals surface area contributed by atoms with Gasteiger partial charge in [-0.1, -0.05) is 48.9 Å². The lowest BCUT2D eigenvalue weighted by Gasteiger charge is -2.67. The average molecular weight is 511 g/mol. The standard InChI is InChI=1S/C30H38O7/c1-19(31)28(34)15-16-30(36)27(28,3)24(37-25(33)10-9-20-7-5-4-6-8-20)18-23-26(2)13-12-22(32)17-21(26)11-14-29(23,30)35/h4-11,22-24,32,34-36H,12-18H2,1-3H3/t22-,23-,24+,26-,27+,28-,29-,30-/m0/s1. The van der Waals surface area contributed by atoms with Crippen LogP contribution < -0.4 is 0 Å². The van der Waals surface area contributed by atoms with E-state index in [1.807, 2.05) is 43.3 Å². The normalized spacial score (nSPS) is 44.9. The molecule has 1 aromatic carbocycles. The average Bonchev–Trinajstić information content (AvgIpc) is 3.10. The van der Waals surface area contributed by atoms with Gasteiger partial charge in [0.25, 0.3) is 0 Å². The zero-order chi connectivity index (χ0) is 26.9. The molecule has 3 fully saturated rings. The third kappa shape index (κ3) is 3.47. The summed E-state index contributed by atoms with van der Waals surface area (Å²) in [5.74, 6) is -1.65. The minimum Gasteiger partial charge on any atom is -0.458 e. The number of carbonyl (C=O) groups is 2. The van der Waals surface area contributed by atoms with E-state index in [1.165, 1.54) is 13.0 Å². The lowest BCUT2D eigenvalue weighted by Crippen LogP contribution is -2.78. The minimum absolute atomic E-state index is 0.00234.